The van der Waals surface area contributed by atoms with Gasteiger partial charge in [0.05, 0.1) is 5.88 Å². The Hall–Kier alpha value is -0.0400. The van der Waals surface area contributed by atoms with E-state index in [1.54, 1.807) is 0 Å². The molecule has 0 unspecified atom stereocenters. The summed E-state index contributed by atoms with van der Waals surface area (Å²) < 4.78 is 32.1. The normalized spacial score (nSPS) is 18.9. The predicted molar refractivity (Wildman–Crippen MR) is 77.7 cm³/mol. The number of hydrogen-bond donors (Lipinski definition) is 0. The lowest BCUT2D eigenvalue weighted by molar-refractivity contribution is 0.268. The number of hydrogen-bond acceptors (Lipinski definition) is 3. The Morgan fingerprint density at radius 1 is 1.47 bits per heavy atom. The Labute approximate surface area is 127 Å². The van der Waals surface area contributed by atoms with Crippen molar-refractivity contribution in [2.75, 3.05) is 13.1 Å². The Morgan fingerprint density at radius 2 is 2.11 bits per heavy atom. The van der Waals surface area contributed by atoms with Crippen molar-refractivity contribution < 1.29 is 12.8 Å². The molecular weight excluding hydrogens is 354 g/mol. The molecule has 0 amide bonds. The van der Waals surface area contributed by atoms with Crippen molar-refractivity contribution in [3.63, 3.8) is 0 Å². The molecule has 1 saturated heterocycles. The molecule has 1 aliphatic rings. The lowest BCUT2D eigenvalue weighted by atomic mass is 9.96. The van der Waals surface area contributed by atoms with Crippen LogP contribution in [0.3, 0.4) is 0 Å². The zero-order valence-corrected chi connectivity index (χ0v) is 13.9. The summed E-state index contributed by atoms with van der Waals surface area (Å²) >= 11 is 8.82. The molecule has 1 aromatic heterocycles. The molecule has 0 saturated carbocycles. The molecule has 0 atom stereocenters. The SMILES string of the molecule is CCC1CCN(S(=O)(=O)c2cc(CCl)oc2Br)CC1. The third-order valence-electron chi connectivity index (χ3n) is 3.61. The van der Waals surface area contributed by atoms with Crippen molar-refractivity contribution in [3.05, 3.63) is 16.5 Å². The minimum Gasteiger partial charge on any atom is -0.452 e. The first-order valence-corrected chi connectivity index (χ1v) is 9.10. The monoisotopic (exact) mass is 369 g/mol. The molecule has 0 spiro atoms. The fourth-order valence-electron chi connectivity index (χ4n) is 2.34. The summed E-state index contributed by atoms with van der Waals surface area (Å²) in [6.07, 6.45) is 2.96. The van der Waals surface area contributed by atoms with Crippen LogP contribution in [-0.4, -0.2) is 25.8 Å². The van der Waals surface area contributed by atoms with Crippen molar-refractivity contribution in [1.82, 2.24) is 4.31 Å². The third-order valence-corrected chi connectivity index (χ3v) is 6.63. The number of furan rings is 1. The molecule has 7 heteroatoms. The van der Waals surface area contributed by atoms with E-state index in [1.165, 1.54) is 10.4 Å². The molecule has 2 heterocycles. The Morgan fingerprint density at radius 3 is 2.58 bits per heavy atom. The van der Waals surface area contributed by atoms with E-state index in [9.17, 15) is 8.42 Å². The number of rotatable bonds is 4. The van der Waals surface area contributed by atoms with Crippen molar-refractivity contribution in [2.45, 2.75) is 37.0 Å². The van der Waals surface area contributed by atoms with Gasteiger partial charge in [-0.05, 0) is 34.7 Å². The van der Waals surface area contributed by atoms with Crippen LogP contribution in [0.15, 0.2) is 20.0 Å². The first kappa shape index (κ1) is 15.4. The van der Waals surface area contributed by atoms with E-state index in [0.29, 0.717) is 24.8 Å². The fraction of sp³-hybridized carbons (Fsp3) is 0.667. The highest BCUT2D eigenvalue weighted by atomic mass is 79.9. The predicted octanol–water partition coefficient (Wildman–Crippen LogP) is 3.59. The van der Waals surface area contributed by atoms with Crippen LogP contribution in [0.1, 0.15) is 31.9 Å². The maximum Gasteiger partial charge on any atom is 0.247 e. The molecule has 0 aromatic carbocycles. The third kappa shape index (κ3) is 3.17. The van der Waals surface area contributed by atoms with Crippen LogP contribution in [0.2, 0.25) is 0 Å². The van der Waals surface area contributed by atoms with Crippen LogP contribution in [0.5, 0.6) is 0 Å². The minimum absolute atomic E-state index is 0.159. The highest BCUT2D eigenvalue weighted by molar-refractivity contribution is 9.10. The number of halogens is 2. The van der Waals surface area contributed by atoms with Gasteiger partial charge in [0, 0.05) is 19.2 Å². The molecule has 1 aromatic rings. The van der Waals surface area contributed by atoms with Crippen LogP contribution in [0.4, 0.5) is 0 Å². The first-order chi connectivity index (χ1) is 8.98. The fourth-order valence-corrected chi connectivity index (χ4v) is 4.90. The molecule has 0 bridgehead atoms. The number of alkyl halides is 1. The van der Waals surface area contributed by atoms with Crippen LogP contribution < -0.4 is 0 Å². The molecule has 4 nitrogen and oxygen atoms in total. The standard InChI is InChI=1S/C12H17BrClNO3S/c1-2-9-3-5-15(6-4-9)19(16,17)11-7-10(8-14)18-12(11)13/h7,9H,2-6,8H2,1H3. The van der Waals surface area contributed by atoms with Crippen LogP contribution in [-0.2, 0) is 15.9 Å². The minimum atomic E-state index is -3.48. The Balaban J connectivity index is 2.20. The highest BCUT2D eigenvalue weighted by Crippen LogP contribution is 2.32. The first-order valence-electron chi connectivity index (χ1n) is 6.33. The molecule has 0 N–H and O–H groups in total. The second kappa shape index (κ2) is 6.16. The maximum absolute atomic E-state index is 12.5. The van der Waals surface area contributed by atoms with Crippen molar-refractivity contribution in [1.29, 1.82) is 0 Å². The van der Waals surface area contributed by atoms with Gasteiger partial charge >= 0.3 is 0 Å². The van der Waals surface area contributed by atoms with Gasteiger partial charge in [-0.25, -0.2) is 8.42 Å². The van der Waals surface area contributed by atoms with E-state index in [4.69, 9.17) is 16.0 Å². The van der Waals surface area contributed by atoms with Gasteiger partial charge in [0.25, 0.3) is 0 Å². The van der Waals surface area contributed by atoms with Crippen LogP contribution >= 0.6 is 27.5 Å². The van der Waals surface area contributed by atoms with E-state index in [2.05, 4.69) is 22.9 Å². The molecule has 1 aliphatic heterocycles. The molecule has 2 rings (SSSR count). The summed E-state index contributed by atoms with van der Waals surface area (Å²) in [6, 6.07) is 1.50. The summed E-state index contributed by atoms with van der Waals surface area (Å²) in [5.41, 5.74) is 0. The highest BCUT2D eigenvalue weighted by Gasteiger charge is 2.32. The molecule has 0 aliphatic carbocycles. The topological polar surface area (TPSA) is 50.5 Å². The Kier molecular flexibility index (Phi) is 4.98. The van der Waals surface area contributed by atoms with Gasteiger partial charge in [-0.1, -0.05) is 13.3 Å². The summed E-state index contributed by atoms with van der Waals surface area (Å²) in [4.78, 5) is 0.179. The van der Waals surface area contributed by atoms with E-state index < -0.39 is 10.0 Å². The molecular formula is C12H17BrClNO3S. The zero-order chi connectivity index (χ0) is 14.0. The number of sulfonamides is 1. The van der Waals surface area contributed by atoms with Crippen LogP contribution in [0, 0.1) is 5.92 Å². The van der Waals surface area contributed by atoms with Crippen molar-refractivity contribution in [2.24, 2.45) is 5.92 Å². The molecule has 19 heavy (non-hydrogen) atoms. The van der Waals surface area contributed by atoms with Gasteiger partial charge in [-0.15, -0.1) is 11.6 Å². The summed E-state index contributed by atoms with van der Waals surface area (Å²) in [7, 11) is -3.48. The smallest absolute Gasteiger partial charge is 0.247 e. The van der Waals surface area contributed by atoms with E-state index in [-0.39, 0.29) is 15.4 Å². The number of piperidine rings is 1. The Bertz CT molecular complexity index is 535. The summed E-state index contributed by atoms with van der Waals surface area (Å²) in [6.45, 7) is 3.30. The molecule has 108 valence electrons. The van der Waals surface area contributed by atoms with Gasteiger partial charge in [0.15, 0.2) is 4.67 Å². The second-order valence-corrected chi connectivity index (χ2v) is 7.63. The lowest BCUT2D eigenvalue weighted by Gasteiger charge is -2.30. The van der Waals surface area contributed by atoms with Gasteiger partial charge < -0.3 is 4.42 Å². The van der Waals surface area contributed by atoms with E-state index in [0.717, 1.165) is 19.3 Å². The lowest BCUT2D eigenvalue weighted by Crippen LogP contribution is -2.38. The molecule has 1 fully saturated rings. The summed E-state index contributed by atoms with van der Waals surface area (Å²) in [5.74, 6) is 1.25. The van der Waals surface area contributed by atoms with Crippen molar-refractivity contribution in [3.8, 4) is 0 Å². The summed E-state index contributed by atoms with van der Waals surface area (Å²) in [5, 5.41) is 0. The maximum atomic E-state index is 12.5. The second-order valence-electron chi connectivity index (χ2n) is 4.74. The largest absolute Gasteiger partial charge is 0.452 e. The molecule has 0 radical (unpaired) electrons. The van der Waals surface area contributed by atoms with Gasteiger partial charge in [-0.3, -0.25) is 0 Å². The average molecular weight is 371 g/mol. The van der Waals surface area contributed by atoms with E-state index in [1.807, 2.05) is 0 Å². The van der Waals surface area contributed by atoms with Crippen molar-refractivity contribution >= 4 is 37.6 Å². The zero-order valence-electron chi connectivity index (χ0n) is 10.7. The van der Waals surface area contributed by atoms with Crippen LogP contribution in [0.25, 0.3) is 0 Å². The number of nitrogens with zero attached hydrogens (tertiary/aromatic N) is 1. The van der Waals surface area contributed by atoms with E-state index >= 15 is 0 Å². The average Bonchev–Trinajstić information content (AvgIpc) is 2.81. The van der Waals surface area contributed by atoms with Gasteiger partial charge in [0.2, 0.25) is 10.0 Å². The quantitative estimate of drug-likeness (QED) is 0.761. The van der Waals surface area contributed by atoms with Gasteiger partial charge in [-0.2, -0.15) is 4.31 Å². The van der Waals surface area contributed by atoms with Gasteiger partial charge in [0.1, 0.15) is 10.7 Å².